The van der Waals surface area contributed by atoms with Gasteiger partial charge in [-0.1, -0.05) is 36.4 Å². The van der Waals surface area contributed by atoms with Crippen LogP contribution in [-0.4, -0.2) is 5.78 Å². The Bertz CT molecular complexity index is 618. The van der Waals surface area contributed by atoms with Crippen LogP contribution in [0.5, 0.6) is 0 Å². The molecule has 0 radical (unpaired) electrons. The Balaban J connectivity index is 2.22. The van der Waals surface area contributed by atoms with Gasteiger partial charge in [0.2, 0.25) is 0 Å². The minimum atomic E-state index is -4.76. The van der Waals surface area contributed by atoms with Crippen molar-refractivity contribution in [2.45, 2.75) is 12.6 Å². The van der Waals surface area contributed by atoms with E-state index in [1.807, 2.05) is 0 Å². The van der Waals surface area contributed by atoms with Gasteiger partial charge in [-0.25, -0.2) is 4.39 Å². The minimum absolute atomic E-state index is 0.0195. The van der Waals surface area contributed by atoms with E-state index in [0.717, 1.165) is 11.6 Å². The molecule has 0 heterocycles. The van der Waals surface area contributed by atoms with Crippen molar-refractivity contribution in [2.75, 3.05) is 0 Å². The van der Waals surface area contributed by atoms with Gasteiger partial charge in [-0.15, -0.1) is 0 Å². The van der Waals surface area contributed by atoms with Gasteiger partial charge in [0.05, 0.1) is 5.56 Å². The van der Waals surface area contributed by atoms with E-state index in [4.69, 9.17) is 0 Å². The first-order valence-corrected chi connectivity index (χ1v) is 5.82. The van der Waals surface area contributed by atoms with Crippen molar-refractivity contribution < 1.29 is 22.4 Å². The first-order chi connectivity index (χ1) is 9.38. The van der Waals surface area contributed by atoms with E-state index >= 15 is 0 Å². The lowest BCUT2D eigenvalue weighted by atomic mass is 10.0. The molecule has 104 valence electrons. The predicted molar refractivity (Wildman–Crippen MR) is 65.9 cm³/mol. The van der Waals surface area contributed by atoms with Gasteiger partial charge in [0.1, 0.15) is 5.82 Å². The number of alkyl halides is 3. The number of carbonyl (C=O) groups is 1. The third kappa shape index (κ3) is 3.23. The third-order valence-electron chi connectivity index (χ3n) is 2.80. The van der Waals surface area contributed by atoms with Gasteiger partial charge in [0, 0.05) is 12.0 Å². The second-order valence-corrected chi connectivity index (χ2v) is 4.28. The smallest absolute Gasteiger partial charge is 0.294 e. The number of halogens is 4. The summed E-state index contributed by atoms with van der Waals surface area (Å²) in [6.07, 6.45) is -4.74. The molecular formula is C15H10F4O. The van der Waals surface area contributed by atoms with Gasteiger partial charge < -0.3 is 0 Å². The van der Waals surface area contributed by atoms with Gasteiger partial charge >= 0.3 is 6.18 Å². The Morgan fingerprint density at radius 3 is 2.20 bits per heavy atom. The number of hydrogen-bond acceptors (Lipinski definition) is 1. The molecule has 0 amide bonds. The summed E-state index contributed by atoms with van der Waals surface area (Å²) < 4.78 is 50.6. The van der Waals surface area contributed by atoms with Crippen LogP contribution in [0, 0.1) is 5.82 Å². The zero-order valence-corrected chi connectivity index (χ0v) is 10.2. The maximum Gasteiger partial charge on any atom is 0.419 e. The standard InChI is InChI=1S/C15H10F4O/c16-13-9-11(6-7-12(13)15(17,18)19)14(20)8-10-4-2-1-3-5-10/h1-7,9H,8H2. The molecule has 0 aliphatic rings. The summed E-state index contributed by atoms with van der Waals surface area (Å²) in [6, 6.07) is 10.9. The van der Waals surface area contributed by atoms with E-state index in [1.165, 1.54) is 0 Å². The van der Waals surface area contributed by atoms with Crippen molar-refractivity contribution >= 4 is 5.78 Å². The van der Waals surface area contributed by atoms with Gasteiger partial charge in [-0.05, 0) is 17.7 Å². The number of hydrogen-bond donors (Lipinski definition) is 0. The average Bonchev–Trinajstić information content (AvgIpc) is 2.38. The highest BCUT2D eigenvalue weighted by Crippen LogP contribution is 2.31. The van der Waals surface area contributed by atoms with Crippen molar-refractivity contribution in [1.29, 1.82) is 0 Å². The maximum atomic E-state index is 13.4. The van der Waals surface area contributed by atoms with Crippen molar-refractivity contribution in [3.63, 3.8) is 0 Å². The molecule has 0 aliphatic heterocycles. The van der Waals surface area contributed by atoms with Crippen LogP contribution in [0.4, 0.5) is 17.6 Å². The Morgan fingerprint density at radius 1 is 1.00 bits per heavy atom. The number of rotatable bonds is 3. The molecule has 2 aromatic carbocycles. The van der Waals surface area contributed by atoms with Gasteiger partial charge in [-0.2, -0.15) is 13.2 Å². The number of benzene rings is 2. The molecule has 0 saturated heterocycles. The van der Waals surface area contributed by atoms with Crippen LogP contribution in [-0.2, 0) is 12.6 Å². The first-order valence-electron chi connectivity index (χ1n) is 5.82. The van der Waals surface area contributed by atoms with Crippen LogP contribution >= 0.6 is 0 Å². The van der Waals surface area contributed by atoms with Crippen LogP contribution in [0.2, 0.25) is 0 Å². The Kier molecular flexibility index (Phi) is 3.88. The fourth-order valence-electron chi connectivity index (χ4n) is 1.80. The molecule has 0 fully saturated rings. The van der Waals surface area contributed by atoms with Crippen LogP contribution in [0.15, 0.2) is 48.5 Å². The predicted octanol–water partition coefficient (Wildman–Crippen LogP) is 4.27. The Morgan fingerprint density at radius 2 is 1.65 bits per heavy atom. The number of ketones is 1. The van der Waals surface area contributed by atoms with Crippen LogP contribution in [0.1, 0.15) is 21.5 Å². The fourth-order valence-corrected chi connectivity index (χ4v) is 1.80. The number of Topliss-reactive ketones (excluding diaryl/α,β-unsaturated/α-hetero) is 1. The summed E-state index contributed by atoms with van der Waals surface area (Å²) >= 11 is 0. The van der Waals surface area contributed by atoms with Crippen molar-refractivity contribution in [3.05, 3.63) is 71.0 Å². The Hall–Kier alpha value is -2.17. The highest BCUT2D eigenvalue weighted by molar-refractivity contribution is 5.97. The van der Waals surface area contributed by atoms with Crippen LogP contribution < -0.4 is 0 Å². The molecule has 0 spiro atoms. The van der Waals surface area contributed by atoms with Crippen LogP contribution in [0.3, 0.4) is 0 Å². The quantitative estimate of drug-likeness (QED) is 0.607. The normalized spacial score (nSPS) is 11.4. The maximum absolute atomic E-state index is 13.4. The molecule has 0 aliphatic carbocycles. The molecule has 2 rings (SSSR count). The first kappa shape index (κ1) is 14.2. The van der Waals surface area contributed by atoms with Gasteiger partial charge in [0.15, 0.2) is 5.78 Å². The minimum Gasteiger partial charge on any atom is -0.294 e. The zero-order chi connectivity index (χ0) is 14.8. The third-order valence-corrected chi connectivity index (χ3v) is 2.80. The van der Waals surface area contributed by atoms with Crippen molar-refractivity contribution in [2.24, 2.45) is 0 Å². The zero-order valence-electron chi connectivity index (χ0n) is 10.2. The van der Waals surface area contributed by atoms with E-state index < -0.39 is 23.3 Å². The summed E-state index contributed by atoms with van der Waals surface area (Å²) in [6.45, 7) is 0. The lowest BCUT2D eigenvalue weighted by Crippen LogP contribution is -2.10. The summed E-state index contributed by atoms with van der Waals surface area (Å²) in [4.78, 5) is 11.9. The molecule has 0 atom stereocenters. The highest BCUT2D eigenvalue weighted by atomic mass is 19.4. The van der Waals surface area contributed by atoms with Crippen LogP contribution in [0.25, 0.3) is 0 Å². The molecular weight excluding hydrogens is 272 g/mol. The van der Waals surface area contributed by atoms with Gasteiger partial charge in [-0.3, -0.25) is 4.79 Å². The molecule has 20 heavy (non-hydrogen) atoms. The average molecular weight is 282 g/mol. The molecule has 0 saturated carbocycles. The molecule has 0 bridgehead atoms. The topological polar surface area (TPSA) is 17.1 Å². The number of carbonyl (C=O) groups excluding carboxylic acids is 1. The lowest BCUT2D eigenvalue weighted by Gasteiger charge is -2.09. The molecule has 1 nitrogen and oxygen atoms in total. The lowest BCUT2D eigenvalue weighted by molar-refractivity contribution is -0.140. The molecule has 0 N–H and O–H groups in total. The van der Waals surface area contributed by atoms with E-state index in [-0.39, 0.29) is 12.0 Å². The molecule has 0 aromatic heterocycles. The van der Waals surface area contributed by atoms with Crippen molar-refractivity contribution in [3.8, 4) is 0 Å². The largest absolute Gasteiger partial charge is 0.419 e. The Labute approximate surface area is 112 Å². The van der Waals surface area contributed by atoms with Crippen molar-refractivity contribution in [1.82, 2.24) is 0 Å². The second kappa shape index (κ2) is 5.45. The molecule has 5 heteroatoms. The van der Waals surface area contributed by atoms with E-state index in [0.29, 0.717) is 12.1 Å². The van der Waals surface area contributed by atoms with E-state index in [1.54, 1.807) is 30.3 Å². The summed E-state index contributed by atoms with van der Waals surface area (Å²) in [5.41, 5.74) is -0.717. The molecule has 2 aromatic rings. The summed E-state index contributed by atoms with van der Waals surface area (Å²) in [7, 11) is 0. The summed E-state index contributed by atoms with van der Waals surface area (Å²) in [5, 5.41) is 0. The monoisotopic (exact) mass is 282 g/mol. The second-order valence-electron chi connectivity index (χ2n) is 4.28. The highest BCUT2D eigenvalue weighted by Gasteiger charge is 2.34. The van der Waals surface area contributed by atoms with Gasteiger partial charge in [0.25, 0.3) is 0 Å². The fraction of sp³-hybridized carbons (Fsp3) is 0.133. The summed E-state index contributed by atoms with van der Waals surface area (Å²) in [5.74, 6) is -1.86. The SMILES string of the molecule is O=C(Cc1ccccc1)c1ccc(C(F)(F)F)c(F)c1. The van der Waals surface area contributed by atoms with E-state index in [2.05, 4.69) is 0 Å². The molecule has 0 unspecified atom stereocenters. The van der Waals surface area contributed by atoms with E-state index in [9.17, 15) is 22.4 Å².